The van der Waals surface area contributed by atoms with Crippen LogP contribution in [0.1, 0.15) is 12.8 Å². The maximum Gasteiger partial charge on any atom is 0.306 e. The summed E-state index contributed by atoms with van der Waals surface area (Å²) >= 11 is 1.48. The number of carbonyl (C=O) groups is 2. The Hall–Kier alpha value is -1.56. The first-order valence-electron chi connectivity index (χ1n) is 6.20. The average molecular weight is 280 g/mol. The van der Waals surface area contributed by atoms with E-state index >= 15 is 0 Å². The smallest absolute Gasteiger partial charge is 0.306 e. The Bertz CT molecular complexity index is 444. The molecule has 0 aliphatic carbocycles. The summed E-state index contributed by atoms with van der Waals surface area (Å²) in [6.45, 7) is 1.10. The van der Waals surface area contributed by atoms with E-state index < -0.39 is 5.97 Å². The van der Waals surface area contributed by atoms with Crippen molar-refractivity contribution in [2.24, 2.45) is 5.92 Å². The number of carbonyl (C=O) groups excluding carboxylic acids is 1. The van der Waals surface area contributed by atoms with Crippen LogP contribution in [0.3, 0.4) is 0 Å². The van der Waals surface area contributed by atoms with E-state index in [2.05, 4.69) is 4.98 Å². The molecule has 0 radical (unpaired) electrons. The minimum absolute atomic E-state index is 0.0747. The normalized spacial score (nSPS) is 16.3. The minimum Gasteiger partial charge on any atom is -0.481 e. The van der Waals surface area contributed by atoms with Crippen molar-refractivity contribution in [3.8, 4) is 0 Å². The lowest BCUT2D eigenvalue weighted by molar-refractivity contribution is -0.145. The first-order chi connectivity index (χ1) is 9.16. The lowest BCUT2D eigenvalue weighted by atomic mass is 9.97. The number of likely N-dealkylation sites (tertiary alicyclic amines) is 1. The number of rotatable bonds is 4. The lowest BCUT2D eigenvalue weighted by Gasteiger charge is -2.30. The third kappa shape index (κ3) is 3.96. The van der Waals surface area contributed by atoms with Gasteiger partial charge in [-0.05, 0) is 25.0 Å². The van der Waals surface area contributed by atoms with Gasteiger partial charge in [-0.15, -0.1) is 11.8 Å². The third-order valence-electron chi connectivity index (χ3n) is 3.21. The van der Waals surface area contributed by atoms with Gasteiger partial charge in [-0.25, -0.2) is 0 Å². The number of thioether (sulfide) groups is 1. The fraction of sp³-hybridized carbons (Fsp3) is 0.462. The minimum atomic E-state index is -0.752. The van der Waals surface area contributed by atoms with Crippen LogP contribution in [0.2, 0.25) is 0 Å². The second kappa shape index (κ2) is 6.56. The highest BCUT2D eigenvalue weighted by atomic mass is 32.2. The van der Waals surface area contributed by atoms with Gasteiger partial charge in [0.05, 0.1) is 11.7 Å². The second-order valence-corrected chi connectivity index (χ2v) is 5.51. The molecule has 5 nitrogen and oxygen atoms in total. The Morgan fingerprint density at radius 2 is 1.95 bits per heavy atom. The molecule has 0 atom stereocenters. The number of hydrogen-bond acceptors (Lipinski definition) is 4. The molecule has 0 unspecified atom stereocenters. The van der Waals surface area contributed by atoms with Crippen LogP contribution in [-0.2, 0) is 9.59 Å². The van der Waals surface area contributed by atoms with Gasteiger partial charge in [0.1, 0.15) is 0 Å². The predicted molar refractivity (Wildman–Crippen MR) is 71.9 cm³/mol. The number of pyridine rings is 1. The summed E-state index contributed by atoms with van der Waals surface area (Å²) in [5.41, 5.74) is 0. The molecular weight excluding hydrogens is 264 g/mol. The number of aliphatic carboxylic acids is 1. The number of carboxylic acid groups (broad SMARTS) is 1. The largest absolute Gasteiger partial charge is 0.481 e. The van der Waals surface area contributed by atoms with Crippen molar-refractivity contribution >= 4 is 23.6 Å². The summed E-state index contributed by atoms with van der Waals surface area (Å²) in [6, 6.07) is 3.74. The van der Waals surface area contributed by atoms with E-state index in [1.54, 1.807) is 17.3 Å². The van der Waals surface area contributed by atoms with E-state index in [4.69, 9.17) is 5.11 Å². The van der Waals surface area contributed by atoms with Gasteiger partial charge in [-0.2, -0.15) is 0 Å². The molecule has 1 aliphatic rings. The molecule has 6 heteroatoms. The molecule has 1 N–H and O–H groups in total. The van der Waals surface area contributed by atoms with Crippen LogP contribution >= 0.6 is 11.8 Å². The van der Waals surface area contributed by atoms with Crippen molar-refractivity contribution in [1.82, 2.24) is 9.88 Å². The summed E-state index contributed by atoms with van der Waals surface area (Å²) in [4.78, 5) is 29.5. The van der Waals surface area contributed by atoms with Gasteiger partial charge in [-0.3, -0.25) is 14.6 Å². The highest BCUT2D eigenvalue weighted by Gasteiger charge is 2.26. The summed E-state index contributed by atoms with van der Waals surface area (Å²) in [6.07, 6.45) is 4.51. The topological polar surface area (TPSA) is 70.5 Å². The fourth-order valence-corrected chi connectivity index (χ4v) is 2.83. The molecule has 0 saturated carbocycles. The summed E-state index contributed by atoms with van der Waals surface area (Å²) in [5.74, 6) is -0.581. The van der Waals surface area contributed by atoms with Crippen LogP contribution in [0, 0.1) is 5.92 Å². The van der Waals surface area contributed by atoms with Gasteiger partial charge < -0.3 is 10.0 Å². The van der Waals surface area contributed by atoms with Crippen LogP contribution in [0.15, 0.2) is 29.4 Å². The molecule has 1 fully saturated rings. The Morgan fingerprint density at radius 1 is 1.32 bits per heavy atom. The van der Waals surface area contributed by atoms with Gasteiger partial charge in [0.25, 0.3) is 0 Å². The predicted octanol–water partition coefficient (Wildman–Crippen LogP) is 1.50. The van der Waals surface area contributed by atoms with E-state index in [0.29, 0.717) is 31.7 Å². The van der Waals surface area contributed by atoms with Gasteiger partial charge in [0.2, 0.25) is 5.91 Å². The number of carboxylic acids is 1. The van der Waals surface area contributed by atoms with E-state index in [9.17, 15) is 9.59 Å². The summed E-state index contributed by atoms with van der Waals surface area (Å²) < 4.78 is 0. The standard InChI is InChI=1S/C13H16N2O3S/c16-12(9-19-11-1-5-14-6-2-11)15-7-3-10(4-8-15)13(17)18/h1-2,5-6,10H,3-4,7-9H2,(H,17,18). The first-order valence-corrected chi connectivity index (χ1v) is 7.19. The molecule has 1 aromatic rings. The molecule has 1 amide bonds. The summed E-state index contributed by atoms with van der Waals surface area (Å²) in [7, 11) is 0. The monoisotopic (exact) mass is 280 g/mol. The van der Waals surface area contributed by atoms with Crippen molar-refractivity contribution in [1.29, 1.82) is 0 Å². The number of hydrogen-bond donors (Lipinski definition) is 1. The van der Waals surface area contributed by atoms with Crippen molar-refractivity contribution in [3.63, 3.8) is 0 Å². The average Bonchev–Trinajstić information content (AvgIpc) is 2.46. The Balaban J connectivity index is 1.77. The SMILES string of the molecule is O=C(O)C1CCN(C(=O)CSc2ccncc2)CC1. The fourth-order valence-electron chi connectivity index (χ4n) is 2.05. The Labute approximate surface area is 116 Å². The van der Waals surface area contributed by atoms with Crippen LogP contribution in [-0.4, -0.2) is 45.7 Å². The van der Waals surface area contributed by atoms with Gasteiger partial charge in [-0.1, -0.05) is 0 Å². The zero-order valence-corrected chi connectivity index (χ0v) is 11.3. The molecule has 2 heterocycles. The molecule has 1 aromatic heterocycles. The molecule has 102 valence electrons. The molecule has 0 spiro atoms. The second-order valence-electron chi connectivity index (χ2n) is 4.46. The molecule has 0 aromatic carbocycles. The van der Waals surface area contributed by atoms with E-state index in [0.717, 1.165) is 4.90 Å². The van der Waals surface area contributed by atoms with Gasteiger partial charge in [0.15, 0.2) is 0 Å². The van der Waals surface area contributed by atoms with Crippen LogP contribution in [0.4, 0.5) is 0 Å². The maximum absolute atomic E-state index is 12.0. The quantitative estimate of drug-likeness (QED) is 0.846. The number of aromatic nitrogens is 1. The highest BCUT2D eigenvalue weighted by molar-refractivity contribution is 8.00. The zero-order valence-electron chi connectivity index (χ0n) is 10.5. The van der Waals surface area contributed by atoms with Crippen molar-refractivity contribution < 1.29 is 14.7 Å². The van der Waals surface area contributed by atoms with Crippen molar-refractivity contribution in [3.05, 3.63) is 24.5 Å². The zero-order chi connectivity index (χ0) is 13.7. The molecule has 1 saturated heterocycles. The van der Waals surface area contributed by atoms with Gasteiger partial charge in [0, 0.05) is 30.4 Å². The van der Waals surface area contributed by atoms with Crippen LogP contribution in [0.5, 0.6) is 0 Å². The van der Waals surface area contributed by atoms with Crippen LogP contribution in [0.25, 0.3) is 0 Å². The lowest BCUT2D eigenvalue weighted by Crippen LogP contribution is -2.41. The van der Waals surface area contributed by atoms with Crippen LogP contribution < -0.4 is 0 Å². The molecule has 2 rings (SSSR count). The third-order valence-corrected chi connectivity index (χ3v) is 4.21. The number of nitrogens with zero attached hydrogens (tertiary/aromatic N) is 2. The molecule has 19 heavy (non-hydrogen) atoms. The van der Waals surface area contributed by atoms with E-state index in [1.807, 2.05) is 12.1 Å². The molecule has 0 bridgehead atoms. The van der Waals surface area contributed by atoms with Crippen molar-refractivity contribution in [2.45, 2.75) is 17.7 Å². The first kappa shape index (κ1) is 13.9. The van der Waals surface area contributed by atoms with E-state index in [1.165, 1.54) is 11.8 Å². The van der Waals surface area contributed by atoms with Gasteiger partial charge >= 0.3 is 5.97 Å². The number of amides is 1. The summed E-state index contributed by atoms with van der Waals surface area (Å²) in [5, 5.41) is 8.90. The number of piperidine rings is 1. The highest BCUT2D eigenvalue weighted by Crippen LogP contribution is 2.20. The van der Waals surface area contributed by atoms with E-state index in [-0.39, 0.29) is 11.8 Å². The van der Waals surface area contributed by atoms with Crippen molar-refractivity contribution in [2.75, 3.05) is 18.8 Å². The Morgan fingerprint density at radius 3 is 2.53 bits per heavy atom. The Kier molecular flexibility index (Phi) is 4.79. The molecular formula is C13H16N2O3S. The molecule has 1 aliphatic heterocycles. The maximum atomic E-state index is 12.0.